The molecular formula is C18H21N5O3. The second kappa shape index (κ2) is 6.07. The summed E-state index contributed by atoms with van der Waals surface area (Å²) in [7, 11) is 0. The van der Waals surface area contributed by atoms with Gasteiger partial charge in [-0.25, -0.2) is 4.79 Å². The summed E-state index contributed by atoms with van der Waals surface area (Å²) < 4.78 is 5.40. The smallest absolute Gasteiger partial charge is 0.329 e. The Kier molecular flexibility index (Phi) is 3.68. The number of anilines is 1. The standard InChI is InChI=1S/C18H21N5O3/c24-16-5-6-22(18(25)20-16)17-14-7-11(1-4-15(14)26-21-17)10-23-12-2-3-13(23)9-19-8-12/h1,4,7,12-13,19H,2-3,5-6,8-10H2,(H,20,24,25). The molecule has 0 spiro atoms. The topological polar surface area (TPSA) is 90.7 Å². The van der Waals surface area contributed by atoms with Gasteiger partial charge in [-0.2, -0.15) is 0 Å². The van der Waals surface area contributed by atoms with Crippen LogP contribution in [-0.2, 0) is 11.3 Å². The first kappa shape index (κ1) is 15.8. The summed E-state index contributed by atoms with van der Waals surface area (Å²) in [5, 5.41) is 10.7. The average molecular weight is 355 g/mol. The number of aromatic nitrogens is 1. The minimum atomic E-state index is -0.443. The summed E-state index contributed by atoms with van der Waals surface area (Å²) in [6.07, 6.45) is 2.77. The van der Waals surface area contributed by atoms with Gasteiger partial charge in [-0.15, -0.1) is 0 Å². The molecule has 8 heteroatoms. The maximum absolute atomic E-state index is 12.1. The summed E-state index contributed by atoms with van der Waals surface area (Å²) >= 11 is 0. The van der Waals surface area contributed by atoms with Crippen LogP contribution in [0.1, 0.15) is 24.8 Å². The Hall–Kier alpha value is -2.45. The number of carbonyl (C=O) groups excluding carboxylic acids is 2. The molecule has 136 valence electrons. The molecule has 2 unspecified atom stereocenters. The fraction of sp³-hybridized carbons (Fsp3) is 0.500. The zero-order valence-electron chi connectivity index (χ0n) is 14.4. The lowest BCUT2D eigenvalue weighted by atomic mass is 10.1. The highest BCUT2D eigenvalue weighted by Gasteiger charge is 2.36. The molecule has 2 aromatic rings. The number of amides is 3. The van der Waals surface area contributed by atoms with Gasteiger partial charge in [-0.3, -0.25) is 19.9 Å². The molecule has 0 saturated carbocycles. The molecule has 2 bridgehead atoms. The maximum atomic E-state index is 12.1. The number of piperazine rings is 1. The van der Waals surface area contributed by atoms with Gasteiger partial charge >= 0.3 is 6.03 Å². The Morgan fingerprint density at radius 3 is 2.77 bits per heavy atom. The fourth-order valence-corrected chi connectivity index (χ4v) is 4.37. The molecule has 3 amide bonds. The Balaban J connectivity index is 1.44. The van der Waals surface area contributed by atoms with E-state index in [-0.39, 0.29) is 12.3 Å². The lowest BCUT2D eigenvalue weighted by molar-refractivity contribution is -0.120. The normalized spacial score (nSPS) is 26.5. The van der Waals surface area contributed by atoms with Crippen molar-refractivity contribution in [2.45, 2.75) is 37.9 Å². The second-order valence-electron chi connectivity index (χ2n) is 7.31. The van der Waals surface area contributed by atoms with Gasteiger partial charge in [0.1, 0.15) is 0 Å². The zero-order valence-corrected chi connectivity index (χ0v) is 14.4. The molecule has 2 atom stereocenters. The van der Waals surface area contributed by atoms with Gasteiger partial charge in [0.25, 0.3) is 0 Å². The van der Waals surface area contributed by atoms with Crippen LogP contribution in [-0.4, -0.2) is 53.7 Å². The van der Waals surface area contributed by atoms with Crippen LogP contribution < -0.4 is 15.5 Å². The predicted molar refractivity (Wildman–Crippen MR) is 94.7 cm³/mol. The number of hydrogen-bond donors (Lipinski definition) is 2. The molecule has 8 nitrogen and oxygen atoms in total. The third kappa shape index (κ3) is 2.57. The summed E-state index contributed by atoms with van der Waals surface area (Å²) in [4.78, 5) is 27.6. The Morgan fingerprint density at radius 1 is 1.19 bits per heavy atom. The number of fused-ring (bicyclic) bond motifs is 3. The monoisotopic (exact) mass is 355 g/mol. The number of imide groups is 1. The number of nitrogens with zero attached hydrogens (tertiary/aromatic N) is 3. The van der Waals surface area contributed by atoms with Crippen molar-refractivity contribution < 1.29 is 14.1 Å². The summed E-state index contributed by atoms with van der Waals surface area (Å²) in [5.41, 5.74) is 1.84. The van der Waals surface area contributed by atoms with E-state index in [1.54, 1.807) is 0 Å². The molecule has 3 aliphatic heterocycles. The van der Waals surface area contributed by atoms with Crippen LogP contribution in [0, 0.1) is 0 Å². The van der Waals surface area contributed by atoms with E-state index in [9.17, 15) is 9.59 Å². The minimum absolute atomic E-state index is 0.256. The van der Waals surface area contributed by atoms with E-state index in [0.717, 1.165) is 25.0 Å². The van der Waals surface area contributed by atoms with Crippen molar-refractivity contribution in [3.8, 4) is 0 Å². The van der Waals surface area contributed by atoms with E-state index in [0.29, 0.717) is 30.0 Å². The van der Waals surface area contributed by atoms with Crippen molar-refractivity contribution in [3.63, 3.8) is 0 Å². The van der Waals surface area contributed by atoms with Crippen LogP contribution in [0.15, 0.2) is 22.7 Å². The molecule has 1 aromatic carbocycles. The number of benzene rings is 1. The van der Waals surface area contributed by atoms with Gasteiger partial charge in [-0.1, -0.05) is 11.2 Å². The van der Waals surface area contributed by atoms with Crippen LogP contribution in [0.2, 0.25) is 0 Å². The molecule has 0 radical (unpaired) electrons. The van der Waals surface area contributed by atoms with Crippen molar-refractivity contribution in [1.29, 1.82) is 0 Å². The number of nitrogens with one attached hydrogen (secondary N) is 2. The van der Waals surface area contributed by atoms with Crippen molar-refractivity contribution in [2.24, 2.45) is 0 Å². The summed E-state index contributed by atoms with van der Waals surface area (Å²) in [6.45, 7) is 3.32. The van der Waals surface area contributed by atoms with Gasteiger partial charge in [0, 0.05) is 44.7 Å². The van der Waals surface area contributed by atoms with Crippen molar-refractivity contribution in [2.75, 3.05) is 24.5 Å². The molecule has 0 aliphatic carbocycles. The van der Waals surface area contributed by atoms with Crippen molar-refractivity contribution in [1.82, 2.24) is 20.7 Å². The van der Waals surface area contributed by atoms with Crippen LogP contribution in [0.25, 0.3) is 11.0 Å². The predicted octanol–water partition coefficient (Wildman–Crippen LogP) is 1.21. The van der Waals surface area contributed by atoms with Crippen molar-refractivity contribution in [3.05, 3.63) is 23.8 Å². The quantitative estimate of drug-likeness (QED) is 0.860. The number of urea groups is 1. The molecule has 4 heterocycles. The molecular weight excluding hydrogens is 334 g/mol. The average Bonchev–Trinajstić information content (AvgIpc) is 3.11. The first-order valence-corrected chi connectivity index (χ1v) is 9.15. The second-order valence-corrected chi connectivity index (χ2v) is 7.31. The molecule has 2 N–H and O–H groups in total. The molecule has 3 fully saturated rings. The highest BCUT2D eigenvalue weighted by Crippen LogP contribution is 2.31. The lowest BCUT2D eigenvalue weighted by Crippen LogP contribution is -2.51. The highest BCUT2D eigenvalue weighted by molar-refractivity contribution is 6.08. The number of carbonyl (C=O) groups is 2. The largest absolute Gasteiger partial charge is 0.354 e. The van der Waals surface area contributed by atoms with E-state index in [2.05, 4.69) is 32.8 Å². The summed E-state index contributed by atoms with van der Waals surface area (Å²) in [5.74, 6) is 0.226. The minimum Gasteiger partial charge on any atom is -0.354 e. The molecule has 3 aliphatic rings. The van der Waals surface area contributed by atoms with Crippen LogP contribution in [0.3, 0.4) is 0 Å². The van der Waals surface area contributed by atoms with Gasteiger partial charge < -0.3 is 9.84 Å². The van der Waals surface area contributed by atoms with Gasteiger partial charge in [0.15, 0.2) is 11.4 Å². The third-order valence-corrected chi connectivity index (χ3v) is 5.72. The lowest BCUT2D eigenvalue weighted by Gasteiger charge is -2.35. The van der Waals surface area contributed by atoms with E-state index >= 15 is 0 Å². The number of rotatable bonds is 3. The van der Waals surface area contributed by atoms with Gasteiger partial charge in [0.2, 0.25) is 5.91 Å². The van der Waals surface area contributed by atoms with E-state index in [4.69, 9.17) is 4.52 Å². The zero-order chi connectivity index (χ0) is 17.7. The van der Waals surface area contributed by atoms with E-state index in [1.807, 2.05) is 6.07 Å². The molecule has 26 heavy (non-hydrogen) atoms. The fourth-order valence-electron chi connectivity index (χ4n) is 4.37. The van der Waals surface area contributed by atoms with Crippen LogP contribution in [0.5, 0.6) is 0 Å². The molecule has 3 saturated heterocycles. The Bertz CT molecular complexity index is 863. The maximum Gasteiger partial charge on any atom is 0.329 e. The number of hydrogen-bond acceptors (Lipinski definition) is 6. The Labute approximate surface area is 150 Å². The van der Waals surface area contributed by atoms with Crippen LogP contribution >= 0.6 is 0 Å². The highest BCUT2D eigenvalue weighted by atomic mass is 16.5. The first-order chi connectivity index (χ1) is 12.7. The Morgan fingerprint density at radius 2 is 2.00 bits per heavy atom. The van der Waals surface area contributed by atoms with Crippen molar-refractivity contribution >= 4 is 28.7 Å². The van der Waals surface area contributed by atoms with E-state index in [1.165, 1.54) is 23.3 Å². The molecule has 1 aromatic heterocycles. The van der Waals surface area contributed by atoms with E-state index < -0.39 is 6.03 Å². The third-order valence-electron chi connectivity index (χ3n) is 5.72. The van der Waals surface area contributed by atoms with Gasteiger partial charge in [0.05, 0.1) is 5.39 Å². The first-order valence-electron chi connectivity index (χ1n) is 9.15. The SMILES string of the molecule is O=C1CCN(c2noc3ccc(CN4C5CCC4CNC5)cc23)C(=O)N1. The summed E-state index contributed by atoms with van der Waals surface area (Å²) in [6, 6.07) is 6.81. The van der Waals surface area contributed by atoms with Crippen LogP contribution in [0.4, 0.5) is 10.6 Å². The molecule has 5 rings (SSSR count). The van der Waals surface area contributed by atoms with Gasteiger partial charge in [-0.05, 0) is 30.5 Å².